The average Bonchev–Trinajstić information content (AvgIpc) is 2.14. The lowest BCUT2D eigenvalue weighted by atomic mass is 9.79. The van der Waals surface area contributed by atoms with Crippen LogP contribution in [0.1, 0.15) is 26.3 Å². The Labute approximate surface area is 102 Å². The lowest BCUT2D eigenvalue weighted by Crippen LogP contribution is -2.32. The summed E-state index contributed by atoms with van der Waals surface area (Å²) < 4.78 is 0. The van der Waals surface area contributed by atoms with E-state index in [-0.39, 0.29) is 5.91 Å². The van der Waals surface area contributed by atoms with Crippen molar-refractivity contribution < 1.29 is 14.8 Å². The fourth-order valence-electron chi connectivity index (χ4n) is 1.35. The van der Waals surface area contributed by atoms with E-state index in [1.54, 1.807) is 18.2 Å². The largest absolute Gasteiger partial charge is 0.488 e. The van der Waals surface area contributed by atoms with E-state index in [4.69, 9.17) is 10.0 Å². The molecule has 17 heavy (non-hydrogen) atoms. The Kier molecular flexibility index (Phi) is 3.96. The molecule has 1 aromatic rings. The third-order valence-electron chi connectivity index (χ3n) is 2.34. The molecular weight excluding hydrogens is 217 g/mol. The first-order chi connectivity index (χ1) is 7.70. The Morgan fingerprint density at radius 2 is 1.82 bits per heavy atom. The van der Waals surface area contributed by atoms with Gasteiger partial charge in [0, 0.05) is 11.1 Å². The molecule has 0 aliphatic rings. The van der Waals surface area contributed by atoms with Gasteiger partial charge in [0.05, 0.1) is 0 Å². The maximum absolute atomic E-state index is 11.8. The minimum atomic E-state index is -1.53. The van der Waals surface area contributed by atoms with Crippen molar-refractivity contribution in [1.29, 1.82) is 0 Å². The summed E-state index contributed by atoms with van der Waals surface area (Å²) in [7, 11) is -1.53. The fraction of sp³-hybridized carbons (Fsp3) is 0.417. The second-order valence-electron chi connectivity index (χ2n) is 5.21. The highest BCUT2D eigenvalue weighted by molar-refractivity contribution is 6.58. The van der Waals surface area contributed by atoms with Gasteiger partial charge < -0.3 is 15.4 Å². The zero-order valence-corrected chi connectivity index (χ0v) is 10.6. The molecule has 0 aliphatic carbocycles. The molecule has 1 rings (SSSR count). The van der Waals surface area contributed by atoms with Crippen molar-refractivity contribution in [3.05, 3.63) is 23.8 Å². The van der Waals surface area contributed by atoms with Gasteiger partial charge in [0.25, 0.3) is 0 Å². The summed E-state index contributed by atoms with van der Waals surface area (Å²) in [6, 6.07) is 5.01. The molecular formula is C12H18BNO3. The third-order valence-corrected chi connectivity index (χ3v) is 2.34. The highest BCUT2D eigenvalue weighted by Gasteiger charge is 2.21. The predicted octanol–water partition coefficient (Wildman–Crippen LogP) is 0.659. The van der Waals surface area contributed by atoms with Crippen LogP contribution in [0.15, 0.2) is 18.2 Å². The van der Waals surface area contributed by atoms with E-state index >= 15 is 0 Å². The number of carbonyl (C=O) groups is 1. The van der Waals surface area contributed by atoms with Gasteiger partial charge in [-0.05, 0) is 30.1 Å². The van der Waals surface area contributed by atoms with Gasteiger partial charge in [-0.15, -0.1) is 0 Å². The molecule has 0 aliphatic heterocycles. The van der Waals surface area contributed by atoms with Crippen molar-refractivity contribution in [1.82, 2.24) is 0 Å². The lowest BCUT2D eigenvalue weighted by molar-refractivity contribution is -0.123. The molecule has 3 N–H and O–H groups in total. The van der Waals surface area contributed by atoms with Gasteiger partial charge in [-0.1, -0.05) is 26.8 Å². The number of rotatable bonds is 2. The first-order valence-corrected chi connectivity index (χ1v) is 5.49. The van der Waals surface area contributed by atoms with E-state index < -0.39 is 12.5 Å². The number of anilines is 1. The minimum Gasteiger partial charge on any atom is -0.423 e. The fourth-order valence-corrected chi connectivity index (χ4v) is 1.35. The Balaban J connectivity index is 2.96. The molecule has 1 aromatic carbocycles. The highest BCUT2D eigenvalue weighted by atomic mass is 16.4. The van der Waals surface area contributed by atoms with Crippen molar-refractivity contribution >= 4 is 24.2 Å². The summed E-state index contributed by atoms with van der Waals surface area (Å²) >= 11 is 0. The monoisotopic (exact) mass is 235 g/mol. The van der Waals surface area contributed by atoms with Crippen LogP contribution in [0.3, 0.4) is 0 Å². The Morgan fingerprint density at radius 1 is 1.24 bits per heavy atom. The molecule has 0 atom stereocenters. The van der Waals surface area contributed by atoms with Gasteiger partial charge in [0.2, 0.25) is 5.91 Å². The molecule has 0 saturated carbocycles. The zero-order valence-electron chi connectivity index (χ0n) is 10.6. The van der Waals surface area contributed by atoms with E-state index in [2.05, 4.69) is 5.32 Å². The van der Waals surface area contributed by atoms with Crippen LogP contribution < -0.4 is 10.8 Å². The molecule has 4 nitrogen and oxygen atoms in total. The zero-order chi connectivity index (χ0) is 13.2. The van der Waals surface area contributed by atoms with Gasteiger partial charge >= 0.3 is 7.12 Å². The third kappa shape index (κ3) is 3.87. The van der Waals surface area contributed by atoms with Crippen LogP contribution in [-0.4, -0.2) is 23.1 Å². The summed E-state index contributed by atoms with van der Waals surface area (Å²) in [5.41, 5.74) is 1.32. The first-order valence-electron chi connectivity index (χ1n) is 5.49. The van der Waals surface area contributed by atoms with E-state index in [0.29, 0.717) is 11.2 Å². The van der Waals surface area contributed by atoms with Crippen molar-refractivity contribution in [2.45, 2.75) is 27.7 Å². The molecule has 0 aromatic heterocycles. The molecule has 1 amide bonds. The molecule has 92 valence electrons. The number of hydrogen-bond acceptors (Lipinski definition) is 3. The minimum absolute atomic E-state index is 0.110. The SMILES string of the molecule is Cc1cc(NC(=O)C(C)(C)C)cc(B(O)O)c1. The van der Waals surface area contributed by atoms with Crippen molar-refractivity contribution in [2.24, 2.45) is 5.41 Å². The normalized spacial score (nSPS) is 11.2. The molecule has 0 radical (unpaired) electrons. The Bertz CT molecular complexity index is 424. The maximum Gasteiger partial charge on any atom is 0.488 e. The predicted molar refractivity (Wildman–Crippen MR) is 69.1 cm³/mol. The first kappa shape index (κ1) is 13.7. The Morgan fingerprint density at radius 3 is 2.29 bits per heavy atom. The number of hydrogen-bond donors (Lipinski definition) is 3. The number of nitrogens with one attached hydrogen (secondary N) is 1. The van der Waals surface area contributed by atoms with Crippen LogP contribution >= 0.6 is 0 Å². The van der Waals surface area contributed by atoms with Crippen molar-refractivity contribution in [3.63, 3.8) is 0 Å². The molecule has 0 saturated heterocycles. The van der Waals surface area contributed by atoms with Crippen LogP contribution in [0.5, 0.6) is 0 Å². The van der Waals surface area contributed by atoms with Crippen LogP contribution in [0, 0.1) is 12.3 Å². The quantitative estimate of drug-likeness (QED) is 0.659. The molecule has 0 spiro atoms. The molecule has 0 heterocycles. The molecule has 0 unspecified atom stereocenters. The van der Waals surface area contributed by atoms with E-state index in [1.807, 2.05) is 27.7 Å². The van der Waals surface area contributed by atoms with Gasteiger partial charge in [-0.2, -0.15) is 0 Å². The summed E-state index contributed by atoms with van der Waals surface area (Å²) in [4.78, 5) is 11.8. The van der Waals surface area contributed by atoms with Crippen LogP contribution in [0.2, 0.25) is 0 Å². The molecule has 5 heteroatoms. The molecule has 0 bridgehead atoms. The summed E-state index contributed by atoms with van der Waals surface area (Å²) in [5.74, 6) is -0.110. The lowest BCUT2D eigenvalue weighted by Gasteiger charge is -2.18. The number of benzene rings is 1. The standard InChI is InChI=1S/C12H18BNO3/c1-8-5-9(13(16)17)7-10(6-8)14-11(15)12(2,3)4/h5-7,16-17H,1-4H3,(H,14,15). The van der Waals surface area contributed by atoms with E-state index in [0.717, 1.165) is 5.56 Å². The number of carbonyl (C=O) groups excluding carboxylic acids is 1. The van der Waals surface area contributed by atoms with Crippen LogP contribution in [0.4, 0.5) is 5.69 Å². The summed E-state index contributed by atoms with van der Waals surface area (Å²) in [5, 5.41) is 21.0. The topological polar surface area (TPSA) is 69.6 Å². The van der Waals surface area contributed by atoms with Crippen molar-refractivity contribution in [3.8, 4) is 0 Å². The van der Waals surface area contributed by atoms with Crippen LogP contribution in [0.25, 0.3) is 0 Å². The van der Waals surface area contributed by atoms with Crippen LogP contribution in [-0.2, 0) is 4.79 Å². The summed E-state index contributed by atoms with van der Waals surface area (Å²) in [6.45, 7) is 7.29. The second kappa shape index (κ2) is 4.90. The summed E-state index contributed by atoms with van der Waals surface area (Å²) in [6.07, 6.45) is 0. The molecule has 0 fully saturated rings. The van der Waals surface area contributed by atoms with Gasteiger partial charge in [0.1, 0.15) is 0 Å². The van der Waals surface area contributed by atoms with E-state index in [1.165, 1.54) is 0 Å². The number of aryl methyl sites for hydroxylation is 1. The van der Waals surface area contributed by atoms with Gasteiger partial charge in [0.15, 0.2) is 0 Å². The van der Waals surface area contributed by atoms with E-state index in [9.17, 15) is 4.79 Å². The second-order valence-corrected chi connectivity index (χ2v) is 5.21. The Hall–Kier alpha value is -1.33. The highest BCUT2D eigenvalue weighted by Crippen LogP contribution is 2.17. The van der Waals surface area contributed by atoms with Gasteiger partial charge in [-0.3, -0.25) is 4.79 Å². The van der Waals surface area contributed by atoms with Crippen molar-refractivity contribution in [2.75, 3.05) is 5.32 Å². The number of amides is 1. The van der Waals surface area contributed by atoms with Gasteiger partial charge in [-0.25, -0.2) is 0 Å². The smallest absolute Gasteiger partial charge is 0.423 e. The maximum atomic E-state index is 11.8. The average molecular weight is 235 g/mol.